The normalized spacial score (nSPS) is 11.6. The average molecular weight is 682 g/mol. The standard InChI is InChI=1S/C51H39NO/c1-51(2,41-18-7-4-8-19-41)42-20-11-16-39(34-42)38-28-32-44(33-29-38)52(43-30-26-37(27-31-43)36-14-5-3-6-15-36)45-21-12-17-40(35-45)46-23-13-24-48-47-22-9-10-25-49(47)53-50(46)48/h3-35H,1-2H3. The number of fused-ring (bicyclic) bond motifs is 3. The van der Waals surface area contributed by atoms with Crippen LogP contribution < -0.4 is 4.90 Å². The second-order valence-electron chi connectivity index (χ2n) is 14.2. The zero-order valence-corrected chi connectivity index (χ0v) is 29.9. The summed E-state index contributed by atoms with van der Waals surface area (Å²) in [6.45, 7) is 4.60. The first kappa shape index (κ1) is 32.3. The van der Waals surface area contributed by atoms with Crippen LogP contribution in [0, 0.1) is 0 Å². The Kier molecular flexibility index (Phi) is 8.21. The van der Waals surface area contributed by atoms with E-state index in [0.29, 0.717) is 0 Å². The number of hydrogen-bond acceptors (Lipinski definition) is 2. The summed E-state index contributed by atoms with van der Waals surface area (Å²) in [5, 5.41) is 2.26. The number of rotatable bonds is 8. The van der Waals surface area contributed by atoms with E-state index in [2.05, 4.69) is 207 Å². The van der Waals surface area contributed by atoms with Gasteiger partial charge >= 0.3 is 0 Å². The van der Waals surface area contributed by atoms with Crippen molar-refractivity contribution in [1.29, 1.82) is 0 Å². The van der Waals surface area contributed by atoms with Crippen LogP contribution in [0.3, 0.4) is 0 Å². The lowest BCUT2D eigenvalue weighted by Crippen LogP contribution is -2.18. The zero-order chi connectivity index (χ0) is 35.8. The van der Waals surface area contributed by atoms with Gasteiger partial charge in [0, 0.05) is 38.8 Å². The SMILES string of the molecule is CC(C)(c1ccccc1)c1cccc(-c2ccc(N(c3ccc(-c4ccccc4)cc3)c3cccc(-c4cccc5c4oc4ccccc45)c3)cc2)c1. The van der Waals surface area contributed by atoms with Gasteiger partial charge in [-0.15, -0.1) is 0 Å². The quantitative estimate of drug-likeness (QED) is 0.159. The fourth-order valence-electron chi connectivity index (χ4n) is 7.58. The number of hydrogen-bond donors (Lipinski definition) is 0. The van der Waals surface area contributed by atoms with E-state index in [9.17, 15) is 0 Å². The maximum absolute atomic E-state index is 6.46. The fraction of sp³-hybridized carbons (Fsp3) is 0.0588. The van der Waals surface area contributed by atoms with Gasteiger partial charge in [-0.05, 0) is 81.4 Å². The molecule has 0 atom stereocenters. The van der Waals surface area contributed by atoms with Gasteiger partial charge in [0.2, 0.25) is 0 Å². The summed E-state index contributed by atoms with van der Waals surface area (Å²) in [6, 6.07) is 71.6. The van der Waals surface area contributed by atoms with Gasteiger partial charge in [-0.1, -0.05) is 172 Å². The van der Waals surface area contributed by atoms with Crippen LogP contribution in [0.25, 0.3) is 55.3 Å². The molecule has 9 aromatic rings. The molecule has 2 nitrogen and oxygen atoms in total. The molecule has 0 amide bonds. The van der Waals surface area contributed by atoms with Crippen LogP contribution in [-0.2, 0) is 5.41 Å². The van der Waals surface area contributed by atoms with Crippen molar-refractivity contribution in [2.24, 2.45) is 0 Å². The van der Waals surface area contributed by atoms with Crippen LogP contribution in [0.2, 0.25) is 0 Å². The van der Waals surface area contributed by atoms with Crippen molar-refractivity contribution in [3.63, 3.8) is 0 Å². The van der Waals surface area contributed by atoms with Crippen LogP contribution in [0.1, 0.15) is 25.0 Å². The van der Waals surface area contributed by atoms with Crippen LogP contribution in [0.15, 0.2) is 205 Å². The summed E-state index contributed by atoms with van der Waals surface area (Å²) in [5.41, 5.74) is 14.5. The van der Waals surface area contributed by atoms with E-state index in [0.717, 1.165) is 50.1 Å². The highest BCUT2D eigenvalue weighted by Crippen LogP contribution is 2.41. The molecule has 1 heterocycles. The monoisotopic (exact) mass is 681 g/mol. The van der Waals surface area contributed by atoms with E-state index in [4.69, 9.17) is 4.42 Å². The minimum Gasteiger partial charge on any atom is -0.455 e. The third-order valence-electron chi connectivity index (χ3n) is 10.6. The molecule has 0 N–H and O–H groups in total. The molecule has 0 spiro atoms. The average Bonchev–Trinajstić information content (AvgIpc) is 3.61. The summed E-state index contributed by atoms with van der Waals surface area (Å²) in [7, 11) is 0. The highest BCUT2D eigenvalue weighted by Gasteiger charge is 2.23. The summed E-state index contributed by atoms with van der Waals surface area (Å²) < 4.78 is 6.46. The van der Waals surface area contributed by atoms with Crippen molar-refractivity contribution in [3.05, 3.63) is 211 Å². The predicted molar refractivity (Wildman–Crippen MR) is 223 cm³/mol. The molecule has 0 aliphatic carbocycles. The second-order valence-corrected chi connectivity index (χ2v) is 14.2. The number of benzene rings is 8. The van der Waals surface area contributed by atoms with Crippen molar-refractivity contribution in [3.8, 4) is 33.4 Å². The molecular weight excluding hydrogens is 643 g/mol. The topological polar surface area (TPSA) is 16.4 Å². The minimum atomic E-state index is -0.113. The first-order valence-electron chi connectivity index (χ1n) is 18.3. The van der Waals surface area contributed by atoms with Gasteiger partial charge in [0.1, 0.15) is 11.2 Å². The van der Waals surface area contributed by atoms with Crippen molar-refractivity contribution < 1.29 is 4.42 Å². The largest absolute Gasteiger partial charge is 0.455 e. The van der Waals surface area contributed by atoms with Crippen LogP contribution >= 0.6 is 0 Å². The predicted octanol–water partition coefficient (Wildman–Crippen LogP) is 14.4. The van der Waals surface area contributed by atoms with Gasteiger partial charge in [0.15, 0.2) is 0 Å². The molecule has 0 fully saturated rings. The molecule has 53 heavy (non-hydrogen) atoms. The van der Waals surface area contributed by atoms with E-state index in [1.54, 1.807) is 0 Å². The molecule has 254 valence electrons. The van der Waals surface area contributed by atoms with Crippen LogP contribution in [0.4, 0.5) is 17.1 Å². The lowest BCUT2D eigenvalue weighted by atomic mass is 9.77. The maximum atomic E-state index is 6.46. The maximum Gasteiger partial charge on any atom is 0.143 e. The van der Waals surface area contributed by atoms with E-state index < -0.39 is 0 Å². The third kappa shape index (κ3) is 6.09. The van der Waals surface area contributed by atoms with Crippen LogP contribution in [-0.4, -0.2) is 0 Å². The first-order valence-corrected chi connectivity index (χ1v) is 18.3. The van der Waals surface area contributed by atoms with Crippen molar-refractivity contribution in [2.45, 2.75) is 19.3 Å². The number of nitrogens with zero attached hydrogens (tertiary/aromatic N) is 1. The Balaban J connectivity index is 1.12. The molecular formula is C51H39NO. The highest BCUT2D eigenvalue weighted by atomic mass is 16.3. The van der Waals surface area contributed by atoms with Gasteiger partial charge in [0.05, 0.1) is 0 Å². The Morgan fingerprint density at radius 2 is 0.906 bits per heavy atom. The molecule has 0 saturated carbocycles. The molecule has 8 aromatic carbocycles. The molecule has 2 heteroatoms. The van der Waals surface area contributed by atoms with E-state index in [1.807, 2.05) is 12.1 Å². The fourth-order valence-corrected chi connectivity index (χ4v) is 7.58. The molecule has 0 unspecified atom stereocenters. The Hall–Kier alpha value is -6.64. The summed E-state index contributed by atoms with van der Waals surface area (Å²) in [4.78, 5) is 2.34. The van der Waals surface area contributed by atoms with Gasteiger partial charge in [-0.3, -0.25) is 0 Å². The Bertz CT molecular complexity index is 2670. The molecule has 0 aliphatic heterocycles. The van der Waals surface area contributed by atoms with Gasteiger partial charge in [-0.25, -0.2) is 0 Å². The molecule has 0 saturated heterocycles. The first-order chi connectivity index (χ1) is 26.0. The second kappa shape index (κ2) is 13.5. The van der Waals surface area contributed by atoms with Crippen molar-refractivity contribution in [1.82, 2.24) is 0 Å². The zero-order valence-electron chi connectivity index (χ0n) is 29.9. The molecule has 0 bridgehead atoms. The number of furan rings is 1. The van der Waals surface area contributed by atoms with Gasteiger partial charge in [0.25, 0.3) is 0 Å². The van der Waals surface area contributed by atoms with Gasteiger partial charge < -0.3 is 9.32 Å². The highest BCUT2D eigenvalue weighted by molar-refractivity contribution is 6.09. The molecule has 0 radical (unpaired) electrons. The Labute approximate surface area is 311 Å². The molecule has 9 rings (SSSR count). The van der Waals surface area contributed by atoms with E-state index >= 15 is 0 Å². The summed E-state index contributed by atoms with van der Waals surface area (Å²) in [5.74, 6) is 0. The minimum absolute atomic E-state index is 0.113. The van der Waals surface area contributed by atoms with Crippen molar-refractivity contribution >= 4 is 39.0 Å². The molecule has 0 aliphatic rings. The Morgan fingerprint density at radius 1 is 0.377 bits per heavy atom. The van der Waals surface area contributed by atoms with E-state index in [1.165, 1.54) is 33.4 Å². The third-order valence-corrected chi connectivity index (χ3v) is 10.6. The van der Waals surface area contributed by atoms with Crippen molar-refractivity contribution in [2.75, 3.05) is 4.90 Å². The summed E-state index contributed by atoms with van der Waals surface area (Å²) in [6.07, 6.45) is 0. The lowest BCUT2D eigenvalue weighted by Gasteiger charge is -2.27. The number of anilines is 3. The summed E-state index contributed by atoms with van der Waals surface area (Å²) >= 11 is 0. The van der Waals surface area contributed by atoms with Gasteiger partial charge in [-0.2, -0.15) is 0 Å². The van der Waals surface area contributed by atoms with E-state index in [-0.39, 0.29) is 5.41 Å². The number of para-hydroxylation sites is 2. The molecule has 1 aromatic heterocycles. The van der Waals surface area contributed by atoms with Crippen LogP contribution in [0.5, 0.6) is 0 Å². The Morgan fingerprint density at radius 3 is 1.64 bits per heavy atom. The lowest BCUT2D eigenvalue weighted by molar-refractivity contribution is 0.641. The smallest absolute Gasteiger partial charge is 0.143 e.